The molecule has 0 aromatic heterocycles. The van der Waals surface area contributed by atoms with Crippen molar-refractivity contribution in [3.63, 3.8) is 0 Å². The molecule has 1 saturated heterocycles. The van der Waals surface area contributed by atoms with Crippen molar-refractivity contribution < 1.29 is 14.3 Å². The summed E-state index contributed by atoms with van der Waals surface area (Å²) in [5.41, 5.74) is 1.48. The molecule has 0 atom stereocenters. The number of aliphatic imine (C=N–C) groups is 1. The molecule has 0 saturated carbocycles. The predicted octanol–water partition coefficient (Wildman–Crippen LogP) is 5.46. The van der Waals surface area contributed by atoms with Gasteiger partial charge in [-0.25, -0.2) is 4.99 Å². The largest absolute Gasteiger partial charge is 0.495 e. The Balaban J connectivity index is 1.90. The van der Waals surface area contributed by atoms with E-state index in [0.717, 1.165) is 18.5 Å². The molecular formula is C18H13ClI2N2O3S. The number of amides is 1. The second-order valence-corrected chi connectivity index (χ2v) is 9.11. The predicted molar refractivity (Wildman–Crippen MR) is 127 cm³/mol. The smallest absolute Gasteiger partial charge is 0.264 e. The van der Waals surface area contributed by atoms with E-state index in [2.05, 4.69) is 55.5 Å². The monoisotopic (exact) mass is 626 g/mol. The Hall–Kier alpha value is -0.980. The van der Waals surface area contributed by atoms with Crippen molar-refractivity contribution in [3.8, 4) is 11.5 Å². The fourth-order valence-corrected chi connectivity index (χ4v) is 5.61. The van der Waals surface area contributed by atoms with Crippen molar-refractivity contribution in [2.45, 2.75) is 0 Å². The van der Waals surface area contributed by atoms with Crippen LogP contribution in [0.5, 0.6) is 11.5 Å². The number of halogens is 3. The maximum atomic E-state index is 12.3. The lowest BCUT2D eigenvalue weighted by molar-refractivity contribution is -0.115. The molecular weight excluding hydrogens is 614 g/mol. The van der Waals surface area contributed by atoms with Crippen molar-refractivity contribution in [3.05, 3.63) is 53.0 Å². The van der Waals surface area contributed by atoms with Crippen molar-refractivity contribution in [2.24, 2.45) is 4.99 Å². The SMILES string of the molecule is COc1ccc(Cl)cc1N=C1NC(=O)/C(=C/c2cc(I)c(OC)c(I)c2)S1. The molecule has 1 amide bonds. The van der Waals surface area contributed by atoms with Gasteiger partial charge in [0, 0.05) is 5.02 Å². The first kappa shape index (κ1) is 20.7. The minimum absolute atomic E-state index is 0.194. The van der Waals surface area contributed by atoms with Gasteiger partial charge in [-0.2, -0.15) is 0 Å². The number of amidine groups is 1. The number of thioether (sulfide) groups is 1. The Morgan fingerprint density at radius 1 is 1.15 bits per heavy atom. The van der Waals surface area contributed by atoms with E-state index in [9.17, 15) is 4.79 Å². The highest BCUT2D eigenvalue weighted by atomic mass is 127. The molecule has 1 aliphatic heterocycles. The lowest BCUT2D eigenvalue weighted by Gasteiger charge is -2.07. The summed E-state index contributed by atoms with van der Waals surface area (Å²) in [4.78, 5) is 17.4. The fraction of sp³-hybridized carbons (Fsp3) is 0.111. The van der Waals surface area contributed by atoms with Gasteiger partial charge in [-0.1, -0.05) is 11.6 Å². The molecule has 27 heavy (non-hydrogen) atoms. The van der Waals surface area contributed by atoms with Crippen LogP contribution < -0.4 is 14.8 Å². The summed E-state index contributed by atoms with van der Waals surface area (Å²) in [6.07, 6.45) is 1.83. The van der Waals surface area contributed by atoms with Crippen molar-refractivity contribution in [2.75, 3.05) is 14.2 Å². The van der Waals surface area contributed by atoms with Gasteiger partial charge in [-0.3, -0.25) is 4.79 Å². The summed E-state index contributed by atoms with van der Waals surface area (Å²) >= 11 is 11.7. The number of nitrogens with zero attached hydrogens (tertiary/aromatic N) is 1. The molecule has 2 aromatic rings. The van der Waals surface area contributed by atoms with Crippen LogP contribution in [-0.2, 0) is 4.79 Å². The van der Waals surface area contributed by atoms with E-state index in [1.165, 1.54) is 11.8 Å². The van der Waals surface area contributed by atoms with E-state index >= 15 is 0 Å². The van der Waals surface area contributed by atoms with Gasteiger partial charge < -0.3 is 14.8 Å². The Morgan fingerprint density at radius 3 is 2.48 bits per heavy atom. The molecule has 0 bridgehead atoms. The van der Waals surface area contributed by atoms with Crippen LogP contribution in [-0.4, -0.2) is 25.3 Å². The number of ether oxygens (including phenoxy) is 2. The third-order valence-corrected chi connectivity index (χ3v) is 6.28. The number of nitrogens with one attached hydrogen (secondary N) is 1. The average molecular weight is 627 g/mol. The summed E-state index contributed by atoms with van der Waals surface area (Å²) in [5.74, 6) is 1.22. The molecule has 0 radical (unpaired) electrons. The number of carbonyl (C=O) groups is 1. The van der Waals surface area contributed by atoms with Crippen LogP contribution in [0.25, 0.3) is 6.08 Å². The molecule has 0 aliphatic carbocycles. The number of benzene rings is 2. The van der Waals surface area contributed by atoms with Gasteiger partial charge in [0.15, 0.2) is 5.17 Å². The summed E-state index contributed by atoms with van der Waals surface area (Å²) in [6, 6.07) is 9.09. The summed E-state index contributed by atoms with van der Waals surface area (Å²) in [7, 11) is 3.20. The summed E-state index contributed by atoms with van der Waals surface area (Å²) in [6.45, 7) is 0. The first-order valence-corrected chi connectivity index (χ1v) is 10.9. The molecule has 3 rings (SSSR count). The number of methoxy groups -OCH3 is 2. The van der Waals surface area contributed by atoms with Gasteiger partial charge in [-0.15, -0.1) is 0 Å². The van der Waals surface area contributed by atoms with Crippen molar-refractivity contribution >= 4 is 91.4 Å². The van der Waals surface area contributed by atoms with Crippen molar-refractivity contribution in [1.29, 1.82) is 0 Å². The quantitative estimate of drug-likeness (QED) is 0.362. The van der Waals surface area contributed by atoms with Gasteiger partial charge in [0.2, 0.25) is 0 Å². The molecule has 1 N–H and O–H groups in total. The fourth-order valence-electron chi connectivity index (χ4n) is 2.35. The lowest BCUT2D eigenvalue weighted by atomic mass is 10.2. The molecule has 0 unspecified atom stereocenters. The zero-order valence-electron chi connectivity index (χ0n) is 14.2. The zero-order valence-corrected chi connectivity index (χ0v) is 20.1. The summed E-state index contributed by atoms with van der Waals surface area (Å²) in [5, 5.41) is 3.79. The van der Waals surface area contributed by atoms with E-state index < -0.39 is 0 Å². The summed E-state index contributed by atoms with van der Waals surface area (Å²) < 4.78 is 12.6. The normalized spacial score (nSPS) is 16.7. The van der Waals surface area contributed by atoms with Crippen LogP contribution in [0.3, 0.4) is 0 Å². The molecule has 2 aromatic carbocycles. The lowest BCUT2D eigenvalue weighted by Crippen LogP contribution is -2.19. The highest BCUT2D eigenvalue weighted by molar-refractivity contribution is 14.1. The number of carbonyl (C=O) groups excluding carboxylic acids is 1. The van der Waals surface area contributed by atoms with E-state index in [1.807, 2.05) is 18.2 Å². The van der Waals surface area contributed by atoms with E-state index in [-0.39, 0.29) is 5.91 Å². The Kier molecular flexibility index (Phi) is 6.93. The first-order valence-electron chi connectivity index (χ1n) is 7.57. The van der Waals surface area contributed by atoms with Gasteiger partial charge in [0.05, 0.1) is 26.3 Å². The molecule has 1 aliphatic rings. The van der Waals surface area contributed by atoms with Crippen LogP contribution in [0.2, 0.25) is 5.02 Å². The molecule has 140 valence electrons. The van der Waals surface area contributed by atoms with Crippen LogP contribution in [0.15, 0.2) is 40.2 Å². The second kappa shape index (κ2) is 9.01. The van der Waals surface area contributed by atoms with Gasteiger partial charge in [-0.05, 0) is 98.9 Å². The maximum absolute atomic E-state index is 12.3. The molecule has 9 heteroatoms. The Bertz CT molecular complexity index is 956. The van der Waals surface area contributed by atoms with Crippen LogP contribution in [0.4, 0.5) is 5.69 Å². The van der Waals surface area contributed by atoms with Crippen LogP contribution in [0.1, 0.15) is 5.56 Å². The van der Waals surface area contributed by atoms with E-state index in [4.69, 9.17) is 21.1 Å². The third kappa shape index (κ3) is 4.90. The zero-order chi connectivity index (χ0) is 19.6. The molecule has 0 spiro atoms. The Morgan fingerprint density at radius 2 is 1.85 bits per heavy atom. The van der Waals surface area contributed by atoms with Crippen molar-refractivity contribution in [1.82, 2.24) is 5.32 Å². The molecule has 5 nitrogen and oxygen atoms in total. The van der Waals surface area contributed by atoms with Gasteiger partial charge in [0.1, 0.15) is 17.2 Å². The van der Waals surface area contributed by atoms with E-state index in [1.54, 1.807) is 32.4 Å². The highest BCUT2D eigenvalue weighted by Gasteiger charge is 2.24. The standard InChI is InChI=1S/C18H13ClI2N2O3S/c1-25-14-4-3-10(19)8-13(14)22-18-23-17(24)15(27-18)7-9-5-11(20)16(26-2)12(21)6-9/h3-8H,1-2H3,(H,22,23,24)/b15-7-. The number of rotatable bonds is 4. The number of hydrogen-bond donors (Lipinski definition) is 1. The van der Waals surface area contributed by atoms with Crippen LogP contribution in [0, 0.1) is 7.14 Å². The second-order valence-electron chi connectivity index (χ2n) is 5.32. The topological polar surface area (TPSA) is 59.9 Å². The molecule has 1 fully saturated rings. The first-order chi connectivity index (χ1) is 12.9. The number of hydrogen-bond acceptors (Lipinski definition) is 5. The molecule has 1 heterocycles. The third-order valence-electron chi connectivity index (χ3n) is 3.54. The highest BCUT2D eigenvalue weighted by Crippen LogP contribution is 2.35. The Labute approximate surface area is 193 Å². The van der Waals surface area contributed by atoms with Gasteiger partial charge >= 0.3 is 0 Å². The van der Waals surface area contributed by atoms with Crippen LogP contribution >= 0.6 is 68.5 Å². The van der Waals surface area contributed by atoms with E-state index in [0.29, 0.717) is 26.5 Å². The van der Waals surface area contributed by atoms with Gasteiger partial charge in [0.25, 0.3) is 5.91 Å². The maximum Gasteiger partial charge on any atom is 0.264 e. The average Bonchev–Trinajstić information content (AvgIpc) is 2.94. The minimum atomic E-state index is -0.194. The minimum Gasteiger partial charge on any atom is -0.495 e.